The number of rotatable bonds is 7. The minimum atomic E-state index is -0.0695. The highest BCUT2D eigenvalue weighted by Gasteiger charge is 2.01. The summed E-state index contributed by atoms with van der Waals surface area (Å²) in [5.41, 5.74) is 2.08. The minimum Gasteiger partial charge on any atom is -0.489 e. The van der Waals surface area contributed by atoms with Gasteiger partial charge in [-0.05, 0) is 54.8 Å². The van der Waals surface area contributed by atoms with Gasteiger partial charge in [0.25, 0.3) is 0 Å². The van der Waals surface area contributed by atoms with Crippen LogP contribution in [0.4, 0.5) is 0 Å². The Labute approximate surface area is 151 Å². The number of hydrogen-bond acceptors (Lipinski definition) is 2. The number of halogens is 1. The lowest BCUT2D eigenvalue weighted by molar-refractivity contribution is -0.117. The summed E-state index contributed by atoms with van der Waals surface area (Å²) in [6.45, 7) is 4.56. The molecule has 2 rings (SSSR count). The van der Waals surface area contributed by atoms with Gasteiger partial charge in [0.15, 0.2) is 0 Å². The van der Waals surface area contributed by atoms with E-state index in [1.807, 2.05) is 62.4 Å². The van der Waals surface area contributed by atoms with Crippen molar-refractivity contribution in [1.29, 1.82) is 0 Å². The van der Waals surface area contributed by atoms with Gasteiger partial charge < -0.3 is 10.1 Å². The largest absolute Gasteiger partial charge is 0.489 e. The predicted molar refractivity (Wildman–Crippen MR) is 102 cm³/mol. The Kier molecular flexibility index (Phi) is 7.07. The molecule has 0 aliphatic heterocycles. The summed E-state index contributed by atoms with van der Waals surface area (Å²) in [4.78, 5) is 11.7. The summed E-state index contributed by atoms with van der Waals surface area (Å²) in [5.74, 6) is 0.735. The number of ether oxygens (including phenoxy) is 1. The average Bonchev–Trinajstić information content (AvgIpc) is 2.60. The van der Waals surface area contributed by atoms with Crippen LogP contribution < -0.4 is 10.1 Å². The summed E-state index contributed by atoms with van der Waals surface area (Å²) < 4.78 is 6.82. The van der Waals surface area contributed by atoms with Crippen LogP contribution in [-0.4, -0.2) is 11.9 Å². The quantitative estimate of drug-likeness (QED) is 0.682. The molecule has 24 heavy (non-hydrogen) atoms. The Morgan fingerprint density at radius 2 is 1.83 bits per heavy atom. The fourth-order valence-electron chi connectivity index (χ4n) is 1.99. The second kappa shape index (κ2) is 9.28. The van der Waals surface area contributed by atoms with Gasteiger partial charge in [-0.3, -0.25) is 4.79 Å². The highest BCUT2D eigenvalue weighted by molar-refractivity contribution is 9.10. The first-order chi connectivity index (χ1) is 11.6. The Bertz CT molecular complexity index is 678. The van der Waals surface area contributed by atoms with Crippen LogP contribution in [0.5, 0.6) is 5.75 Å². The van der Waals surface area contributed by atoms with E-state index in [0.717, 1.165) is 27.8 Å². The number of carbonyl (C=O) groups excluding carboxylic acids is 1. The van der Waals surface area contributed by atoms with E-state index in [4.69, 9.17) is 4.74 Å². The third-order valence-corrected chi connectivity index (χ3v) is 4.16. The summed E-state index contributed by atoms with van der Waals surface area (Å²) in [6, 6.07) is 15.9. The van der Waals surface area contributed by atoms with Crippen LogP contribution >= 0.6 is 15.9 Å². The zero-order valence-corrected chi connectivity index (χ0v) is 15.5. The molecule has 0 spiro atoms. The Hall–Kier alpha value is -2.07. The Morgan fingerprint density at radius 3 is 2.46 bits per heavy atom. The van der Waals surface area contributed by atoms with Gasteiger partial charge >= 0.3 is 0 Å². The molecular weight excluding hydrogens is 366 g/mol. The first-order valence-corrected chi connectivity index (χ1v) is 8.82. The standard InChI is InChI=1S/C20H22BrNO2/c1-3-15(2)22-20(23)13-8-16-6-11-19(12-7-16)24-14-17-4-9-18(21)10-5-17/h4-13,15H,3,14H2,1-2H3,(H,22,23). The number of benzene rings is 2. The molecule has 0 aliphatic carbocycles. The summed E-state index contributed by atoms with van der Waals surface area (Å²) in [7, 11) is 0. The van der Waals surface area contributed by atoms with Crippen LogP contribution in [-0.2, 0) is 11.4 Å². The molecule has 0 fully saturated rings. The van der Waals surface area contributed by atoms with Crippen LogP contribution in [0.15, 0.2) is 59.1 Å². The van der Waals surface area contributed by atoms with Gasteiger partial charge in [0.2, 0.25) is 5.91 Å². The number of hydrogen-bond donors (Lipinski definition) is 1. The van der Waals surface area contributed by atoms with Gasteiger partial charge in [0, 0.05) is 16.6 Å². The first kappa shape index (κ1) is 18.3. The number of carbonyl (C=O) groups is 1. The SMILES string of the molecule is CCC(C)NC(=O)C=Cc1ccc(OCc2ccc(Br)cc2)cc1. The van der Waals surface area contributed by atoms with E-state index in [-0.39, 0.29) is 11.9 Å². The van der Waals surface area contributed by atoms with E-state index in [2.05, 4.69) is 21.2 Å². The third-order valence-electron chi connectivity index (χ3n) is 3.63. The van der Waals surface area contributed by atoms with E-state index < -0.39 is 0 Å². The fraction of sp³-hybridized carbons (Fsp3) is 0.250. The van der Waals surface area contributed by atoms with E-state index in [0.29, 0.717) is 6.61 Å². The molecule has 2 aromatic rings. The normalized spacial score (nSPS) is 12.1. The van der Waals surface area contributed by atoms with Crippen LogP contribution in [0.1, 0.15) is 31.4 Å². The lowest BCUT2D eigenvalue weighted by Gasteiger charge is -2.08. The van der Waals surface area contributed by atoms with Gasteiger partial charge in [0.1, 0.15) is 12.4 Å². The summed E-state index contributed by atoms with van der Waals surface area (Å²) >= 11 is 3.42. The van der Waals surface area contributed by atoms with E-state index >= 15 is 0 Å². The molecule has 1 unspecified atom stereocenters. The van der Waals surface area contributed by atoms with Crippen LogP contribution in [0, 0.1) is 0 Å². The minimum absolute atomic E-state index is 0.0695. The van der Waals surface area contributed by atoms with E-state index in [1.54, 1.807) is 12.2 Å². The maximum Gasteiger partial charge on any atom is 0.244 e. The smallest absolute Gasteiger partial charge is 0.244 e. The van der Waals surface area contributed by atoms with Crippen LogP contribution in [0.3, 0.4) is 0 Å². The number of nitrogens with one attached hydrogen (secondary N) is 1. The summed E-state index contributed by atoms with van der Waals surface area (Å²) in [5, 5.41) is 2.90. The van der Waals surface area contributed by atoms with Gasteiger partial charge in [-0.15, -0.1) is 0 Å². The molecule has 1 amide bonds. The van der Waals surface area contributed by atoms with Crippen molar-refractivity contribution in [2.24, 2.45) is 0 Å². The van der Waals surface area contributed by atoms with Gasteiger partial charge in [-0.1, -0.05) is 47.1 Å². The molecule has 4 heteroatoms. The molecule has 2 aromatic carbocycles. The van der Waals surface area contributed by atoms with Crippen molar-refractivity contribution in [3.63, 3.8) is 0 Å². The van der Waals surface area contributed by atoms with Crippen molar-refractivity contribution in [3.8, 4) is 5.75 Å². The maximum atomic E-state index is 11.7. The molecule has 1 atom stereocenters. The molecule has 0 aromatic heterocycles. The third kappa shape index (κ3) is 6.20. The van der Waals surface area contributed by atoms with Crippen molar-refractivity contribution in [3.05, 3.63) is 70.2 Å². The second-order valence-corrected chi connectivity index (χ2v) is 6.55. The molecule has 0 saturated heterocycles. The van der Waals surface area contributed by atoms with Gasteiger partial charge in [-0.25, -0.2) is 0 Å². The monoisotopic (exact) mass is 387 g/mol. The second-order valence-electron chi connectivity index (χ2n) is 5.64. The molecule has 0 heterocycles. The predicted octanol–water partition coefficient (Wildman–Crippen LogP) is 4.96. The highest BCUT2D eigenvalue weighted by Crippen LogP contribution is 2.16. The molecule has 0 saturated carbocycles. The van der Waals surface area contributed by atoms with Gasteiger partial charge in [-0.2, -0.15) is 0 Å². The van der Waals surface area contributed by atoms with Crippen molar-refractivity contribution in [2.75, 3.05) is 0 Å². The van der Waals surface area contributed by atoms with Crippen molar-refractivity contribution >= 4 is 27.9 Å². The molecule has 1 N–H and O–H groups in total. The Balaban J connectivity index is 1.86. The fourth-order valence-corrected chi connectivity index (χ4v) is 2.25. The van der Waals surface area contributed by atoms with Gasteiger partial charge in [0.05, 0.1) is 0 Å². The van der Waals surface area contributed by atoms with E-state index in [9.17, 15) is 4.79 Å². The molecule has 3 nitrogen and oxygen atoms in total. The van der Waals surface area contributed by atoms with Crippen LogP contribution in [0.2, 0.25) is 0 Å². The van der Waals surface area contributed by atoms with E-state index in [1.165, 1.54) is 0 Å². The number of amides is 1. The van der Waals surface area contributed by atoms with Crippen LogP contribution in [0.25, 0.3) is 6.08 Å². The molecule has 0 radical (unpaired) electrons. The van der Waals surface area contributed by atoms with Crippen molar-refractivity contribution < 1.29 is 9.53 Å². The van der Waals surface area contributed by atoms with Crippen molar-refractivity contribution in [2.45, 2.75) is 32.9 Å². The maximum absolute atomic E-state index is 11.7. The Morgan fingerprint density at radius 1 is 1.17 bits per heavy atom. The molecule has 0 aliphatic rings. The lowest BCUT2D eigenvalue weighted by atomic mass is 10.2. The van der Waals surface area contributed by atoms with Crippen molar-refractivity contribution in [1.82, 2.24) is 5.32 Å². The molecule has 0 bridgehead atoms. The highest BCUT2D eigenvalue weighted by atomic mass is 79.9. The lowest BCUT2D eigenvalue weighted by Crippen LogP contribution is -2.30. The first-order valence-electron chi connectivity index (χ1n) is 8.02. The topological polar surface area (TPSA) is 38.3 Å². The zero-order valence-electron chi connectivity index (χ0n) is 14.0. The average molecular weight is 388 g/mol. The molecule has 126 valence electrons. The zero-order chi connectivity index (χ0) is 17.4. The molecular formula is C20H22BrNO2. The summed E-state index contributed by atoms with van der Waals surface area (Å²) in [6.07, 6.45) is 4.28.